The van der Waals surface area contributed by atoms with Crippen molar-refractivity contribution in [2.24, 2.45) is 5.73 Å². The second kappa shape index (κ2) is 8.67. The number of hydrogen-bond donors (Lipinski definition) is 1. The third-order valence-electron chi connectivity index (χ3n) is 4.53. The number of fused-ring (bicyclic) bond motifs is 1. The molecule has 0 spiro atoms. The van der Waals surface area contributed by atoms with Gasteiger partial charge in [-0.1, -0.05) is 0 Å². The zero-order valence-corrected chi connectivity index (χ0v) is 16.6. The van der Waals surface area contributed by atoms with E-state index in [0.29, 0.717) is 24.2 Å². The number of imidazole rings is 1. The Labute approximate surface area is 167 Å². The molecule has 5 nitrogen and oxygen atoms in total. The Bertz CT molecular complexity index is 799. The molecule has 1 saturated heterocycles. The van der Waals surface area contributed by atoms with Gasteiger partial charge in [0.15, 0.2) is 0 Å². The Morgan fingerprint density at radius 3 is 2.33 bits per heavy atom. The van der Waals surface area contributed by atoms with E-state index in [-0.39, 0.29) is 42.3 Å². The van der Waals surface area contributed by atoms with Gasteiger partial charge in [-0.2, -0.15) is 13.2 Å². The van der Waals surface area contributed by atoms with Gasteiger partial charge in [-0.15, -0.1) is 24.8 Å². The lowest BCUT2D eigenvalue weighted by molar-refractivity contribution is -0.147. The molecule has 2 N–H and O–H groups in total. The SMILES string of the molecule is CC(C)n1c(C(F)(F)F)nc2cc(C(=O)N3CCC(N)CC3)ccc21.Cl.Cl. The van der Waals surface area contributed by atoms with Crippen molar-refractivity contribution < 1.29 is 18.0 Å². The fourth-order valence-corrected chi connectivity index (χ4v) is 3.24. The van der Waals surface area contributed by atoms with E-state index < -0.39 is 18.0 Å². The molecule has 1 aromatic carbocycles. The molecule has 0 radical (unpaired) electrons. The van der Waals surface area contributed by atoms with Crippen LogP contribution in [-0.4, -0.2) is 39.5 Å². The molecule has 3 rings (SSSR count). The van der Waals surface area contributed by atoms with Crippen LogP contribution in [0.3, 0.4) is 0 Å². The number of amides is 1. The number of likely N-dealkylation sites (tertiary alicyclic amines) is 1. The highest BCUT2D eigenvalue weighted by atomic mass is 35.5. The maximum Gasteiger partial charge on any atom is 0.449 e. The van der Waals surface area contributed by atoms with Gasteiger partial charge >= 0.3 is 6.18 Å². The van der Waals surface area contributed by atoms with Gasteiger partial charge in [0, 0.05) is 30.7 Å². The first-order valence-corrected chi connectivity index (χ1v) is 8.32. The summed E-state index contributed by atoms with van der Waals surface area (Å²) in [5.74, 6) is -1.13. The smallest absolute Gasteiger partial charge is 0.339 e. The van der Waals surface area contributed by atoms with Crippen molar-refractivity contribution in [3.63, 3.8) is 0 Å². The average molecular weight is 427 g/mol. The minimum atomic E-state index is -4.55. The molecular weight excluding hydrogens is 404 g/mol. The van der Waals surface area contributed by atoms with Crippen LogP contribution < -0.4 is 5.73 Å². The molecule has 2 aromatic rings. The molecule has 27 heavy (non-hydrogen) atoms. The second-order valence-electron chi connectivity index (χ2n) is 6.73. The van der Waals surface area contributed by atoms with Gasteiger partial charge in [0.2, 0.25) is 5.82 Å². The molecule has 0 aliphatic carbocycles. The van der Waals surface area contributed by atoms with Crippen molar-refractivity contribution in [3.05, 3.63) is 29.6 Å². The molecule has 1 amide bonds. The lowest BCUT2D eigenvalue weighted by Gasteiger charge is -2.30. The summed E-state index contributed by atoms with van der Waals surface area (Å²) in [6.07, 6.45) is -3.08. The van der Waals surface area contributed by atoms with Gasteiger partial charge in [-0.25, -0.2) is 4.98 Å². The Morgan fingerprint density at radius 1 is 1.22 bits per heavy atom. The van der Waals surface area contributed by atoms with E-state index in [4.69, 9.17) is 5.73 Å². The van der Waals surface area contributed by atoms with Crippen LogP contribution in [-0.2, 0) is 6.18 Å². The summed E-state index contributed by atoms with van der Waals surface area (Å²) in [5.41, 5.74) is 6.75. The Kier molecular flexibility index (Phi) is 7.55. The number of carbonyl (C=O) groups excluding carboxylic acids is 1. The minimum absolute atomic E-state index is 0. The number of rotatable bonds is 2. The predicted octanol–water partition coefficient (Wildman–Crippen LogP) is 4.04. The minimum Gasteiger partial charge on any atom is -0.339 e. The molecule has 0 unspecified atom stereocenters. The molecule has 1 aliphatic heterocycles. The van der Waals surface area contributed by atoms with E-state index in [1.54, 1.807) is 30.9 Å². The highest BCUT2D eigenvalue weighted by Crippen LogP contribution is 2.34. The third kappa shape index (κ3) is 4.67. The lowest BCUT2D eigenvalue weighted by atomic mass is 10.0. The number of piperidine rings is 1. The van der Waals surface area contributed by atoms with E-state index in [1.807, 2.05) is 0 Å². The number of aromatic nitrogens is 2. The number of nitrogens with zero attached hydrogens (tertiary/aromatic N) is 3. The Morgan fingerprint density at radius 2 is 1.81 bits per heavy atom. The lowest BCUT2D eigenvalue weighted by Crippen LogP contribution is -2.42. The van der Waals surface area contributed by atoms with Crippen LogP contribution in [0.1, 0.15) is 48.9 Å². The molecule has 1 aromatic heterocycles. The predicted molar refractivity (Wildman–Crippen MR) is 103 cm³/mol. The van der Waals surface area contributed by atoms with Gasteiger partial charge in [-0.3, -0.25) is 4.79 Å². The quantitative estimate of drug-likeness (QED) is 0.787. The highest BCUT2D eigenvalue weighted by Gasteiger charge is 2.38. The summed E-state index contributed by atoms with van der Waals surface area (Å²) in [7, 11) is 0. The number of nitrogens with two attached hydrogens (primary N) is 1. The van der Waals surface area contributed by atoms with Crippen molar-refractivity contribution >= 4 is 41.8 Å². The van der Waals surface area contributed by atoms with Crippen LogP contribution in [0.15, 0.2) is 18.2 Å². The molecule has 0 saturated carbocycles. The van der Waals surface area contributed by atoms with Crippen molar-refractivity contribution in [1.82, 2.24) is 14.5 Å². The van der Waals surface area contributed by atoms with E-state index in [1.165, 1.54) is 6.07 Å². The average Bonchev–Trinajstić information content (AvgIpc) is 2.94. The van der Waals surface area contributed by atoms with Crippen LogP contribution in [0, 0.1) is 0 Å². The van der Waals surface area contributed by atoms with Crippen LogP contribution in [0.5, 0.6) is 0 Å². The third-order valence-corrected chi connectivity index (χ3v) is 4.53. The van der Waals surface area contributed by atoms with Gasteiger partial charge in [0.25, 0.3) is 5.91 Å². The molecule has 152 valence electrons. The molecule has 1 aliphatic rings. The van der Waals surface area contributed by atoms with Gasteiger partial charge in [0.05, 0.1) is 11.0 Å². The first kappa shape index (κ1) is 23.5. The zero-order valence-electron chi connectivity index (χ0n) is 15.0. The number of alkyl halides is 3. The molecule has 2 heterocycles. The van der Waals surface area contributed by atoms with E-state index >= 15 is 0 Å². The van der Waals surface area contributed by atoms with Crippen LogP contribution in [0.25, 0.3) is 11.0 Å². The van der Waals surface area contributed by atoms with Gasteiger partial charge < -0.3 is 15.2 Å². The van der Waals surface area contributed by atoms with E-state index in [2.05, 4.69) is 4.98 Å². The van der Waals surface area contributed by atoms with Crippen molar-refractivity contribution in [3.8, 4) is 0 Å². The maximum absolute atomic E-state index is 13.3. The van der Waals surface area contributed by atoms with Gasteiger partial charge in [-0.05, 0) is 44.9 Å². The summed E-state index contributed by atoms with van der Waals surface area (Å²) in [6, 6.07) is 4.26. The summed E-state index contributed by atoms with van der Waals surface area (Å²) in [5, 5.41) is 0. The molecule has 0 atom stereocenters. The fourth-order valence-electron chi connectivity index (χ4n) is 3.24. The van der Waals surface area contributed by atoms with E-state index in [0.717, 1.165) is 17.4 Å². The number of benzene rings is 1. The monoisotopic (exact) mass is 426 g/mol. The first-order valence-electron chi connectivity index (χ1n) is 8.32. The van der Waals surface area contributed by atoms with Crippen LogP contribution in [0.4, 0.5) is 13.2 Å². The van der Waals surface area contributed by atoms with Crippen LogP contribution in [0.2, 0.25) is 0 Å². The van der Waals surface area contributed by atoms with Gasteiger partial charge in [0.1, 0.15) is 0 Å². The van der Waals surface area contributed by atoms with Crippen molar-refractivity contribution in [1.29, 1.82) is 0 Å². The largest absolute Gasteiger partial charge is 0.449 e. The summed E-state index contributed by atoms with van der Waals surface area (Å²) < 4.78 is 40.9. The Balaban J connectivity index is 0.00000182. The normalized spacial score (nSPS) is 15.6. The van der Waals surface area contributed by atoms with Crippen molar-refractivity contribution in [2.45, 2.75) is 44.9 Å². The zero-order chi connectivity index (χ0) is 18.4. The Hall–Kier alpha value is -1.51. The number of carbonyl (C=O) groups is 1. The van der Waals surface area contributed by atoms with Crippen molar-refractivity contribution in [2.75, 3.05) is 13.1 Å². The molecular formula is C17H23Cl2F3N4O. The summed E-state index contributed by atoms with van der Waals surface area (Å²) >= 11 is 0. The maximum atomic E-state index is 13.3. The second-order valence-corrected chi connectivity index (χ2v) is 6.73. The summed E-state index contributed by atoms with van der Waals surface area (Å²) in [6.45, 7) is 4.47. The number of halogens is 5. The summed E-state index contributed by atoms with van der Waals surface area (Å²) in [4.78, 5) is 18.0. The first-order chi connectivity index (χ1) is 11.7. The number of hydrogen-bond acceptors (Lipinski definition) is 3. The fraction of sp³-hybridized carbons (Fsp3) is 0.529. The molecule has 1 fully saturated rings. The van der Waals surface area contributed by atoms with Crippen LogP contribution >= 0.6 is 24.8 Å². The topological polar surface area (TPSA) is 64.2 Å². The highest BCUT2D eigenvalue weighted by molar-refractivity contribution is 5.97. The molecule has 10 heteroatoms. The van der Waals surface area contributed by atoms with E-state index in [9.17, 15) is 18.0 Å². The standard InChI is InChI=1S/C17H21F3N4O.2ClH/c1-10(2)24-14-4-3-11(9-13(14)22-16(24)17(18,19)20)15(25)23-7-5-12(21)6-8-23;;/h3-4,9-10,12H,5-8,21H2,1-2H3;2*1H. The molecule has 0 bridgehead atoms.